The number of ether oxygens (including phenoxy) is 1. The fourth-order valence-electron chi connectivity index (χ4n) is 4.43. The Hall–Kier alpha value is -3.17. The van der Waals surface area contributed by atoms with Crippen LogP contribution in [0.3, 0.4) is 0 Å². The Morgan fingerprint density at radius 1 is 1.28 bits per heavy atom. The molecule has 2 aliphatic rings. The first-order valence-corrected chi connectivity index (χ1v) is 11.3. The van der Waals surface area contributed by atoms with E-state index in [2.05, 4.69) is 37.0 Å². The molecule has 0 spiro atoms. The van der Waals surface area contributed by atoms with Gasteiger partial charge in [-0.15, -0.1) is 0 Å². The third kappa shape index (κ3) is 4.01. The van der Waals surface area contributed by atoms with E-state index in [1.807, 2.05) is 24.6 Å². The van der Waals surface area contributed by atoms with Crippen molar-refractivity contribution in [2.24, 2.45) is 0 Å². The van der Waals surface area contributed by atoms with E-state index >= 15 is 4.39 Å². The van der Waals surface area contributed by atoms with Gasteiger partial charge in [-0.05, 0) is 45.6 Å². The van der Waals surface area contributed by atoms with Gasteiger partial charge in [0.1, 0.15) is 17.8 Å². The van der Waals surface area contributed by atoms with Gasteiger partial charge in [0.25, 0.3) is 0 Å². The molecule has 0 saturated heterocycles. The van der Waals surface area contributed by atoms with Crippen LogP contribution >= 0.6 is 0 Å². The third-order valence-electron chi connectivity index (χ3n) is 6.34. The normalized spacial score (nSPS) is 23.4. The molecular weight excluding hydrogens is 413 g/mol. The molecule has 0 bridgehead atoms. The number of hydrogen-bond donors (Lipinski definition) is 3. The SMILES string of the molecule is CC(C)NC(=O)O[C@H]1CC[C@@H](c2cc(Nc3nccn4nc(C5CCC5)cc34)n[nH]2)[C@H]1F. The van der Waals surface area contributed by atoms with Gasteiger partial charge in [-0.3, -0.25) is 5.10 Å². The lowest BCUT2D eigenvalue weighted by Gasteiger charge is -2.22. The number of alkyl carbamates (subject to hydrolysis) is 1. The second-order valence-electron chi connectivity index (χ2n) is 9.01. The molecule has 32 heavy (non-hydrogen) atoms. The molecule has 3 heterocycles. The number of carbonyl (C=O) groups excluding carboxylic acids is 1. The number of rotatable bonds is 6. The number of halogens is 1. The maximum absolute atomic E-state index is 15.0. The predicted octanol–water partition coefficient (Wildman–Crippen LogP) is 4.18. The molecule has 0 aromatic carbocycles. The Labute approximate surface area is 185 Å². The molecule has 2 fully saturated rings. The Morgan fingerprint density at radius 2 is 2.12 bits per heavy atom. The monoisotopic (exact) mass is 441 g/mol. The summed E-state index contributed by atoms with van der Waals surface area (Å²) >= 11 is 0. The average Bonchev–Trinajstić information content (AvgIpc) is 3.40. The molecule has 2 aliphatic carbocycles. The summed E-state index contributed by atoms with van der Waals surface area (Å²) in [6, 6.07) is 3.81. The Morgan fingerprint density at radius 3 is 2.88 bits per heavy atom. The molecule has 3 atom stereocenters. The average molecular weight is 442 g/mol. The van der Waals surface area contributed by atoms with Gasteiger partial charge in [-0.25, -0.2) is 18.7 Å². The van der Waals surface area contributed by atoms with E-state index in [9.17, 15) is 4.79 Å². The first-order valence-electron chi connectivity index (χ1n) is 11.3. The zero-order valence-corrected chi connectivity index (χ0v) is 18.2. The zero-order valence-electron chi connectivity index (χ0n) is 18.2. The molecule has 3 N–H and O–H groups in total. The van der Waals surface area contributed by atoms with Crippen molar-refractivity contribution in [2.45, 2.75) is 76.1 Å². The summed E-state index contributed by atoms with van der Waals surface area (Å²) in [5.41, 5.74) is 2.65. The first kappa shape index (κ1) is 20.7. The molecule has 1 amide bonds. The van der Waals surface area contributed by atoms with Crippen LogP contribution in [0.5, 0.6) is 0 Å². The molecule has 2 saturated carbocycles. The van der Waals surface area contributed by atoms with E-state index in [1.165, 1.54) is 19.3 Å². The van der Waals surface area contributed by atoms with Gasteiger partial charge in [0.05, 0.1) is 5.69 Å². The summed E-state index contributed by atoms with van der Waals surface area (Å²) in [4.78, 5) is 16.3. The van der Waals surface area contributed by atoms with Gasteiger partial charge in [0.2, 0.25) is 0 Å². The minimum absolute atomic E-state index is 0.0577. The van der Waals surface area contributed by atoms with Crippen molar-refractivity contribution in [3.63, 3.8) is 0 Å². The second-order valence-corrected chi connectivity index (χ2v) is 9.01. The minimum atomic E-state index is -1.29. The van der Waals surface area contributed by atoms with Crippen molar-refractivity contribution in [1.29, 1.82) is 0 Å². The van der Waals surface area contributed by atoms with E-state index in [4.69, 9.17) is 4.74 Å². The van der Waals surface area contributed by atoms with Crippen molar-refractivity contribution in [1.82, 2.24) is 30.1 Å². The van der Waals surface area contributed by atoms with Crippen molar-refractivity contribution >= 4 is 23.2 Å². The fraction of sp³-hybridized carbons (Fsp3) is 0.545. The molecule has 3 aromatic heterocycles. The van der Waals surface area contributed by atoms with Crippen LogP contribution in [0.1, 0.15) is 69.2 Å². The van der Waals surface area contributed by atoms with Crippen molar-refractivity contribution < 1.29 is 13.9 Å². The van der Waals surface area contributed by atoms with Crippen LogP contribution in [0.4, 0.5) is 20.8 Å². The van der Waals surface area contributed by atoms with E-state index in [1.54, 1.807) is 12.3 Å². The van der Waals surface area contributed by atoms with Crippen LogP contribution in [0, 0.1) is 0 Å². The molecule has 170 valence electrons. The topological polar surface area (TPSA) is 109 Å². The van der Waals surface area contributed by atoms with Crippen LogP contribution in [0.2, 0.25) is 0 Å². The lowest BCUT2D eigenvalue weighted by molar-refractivity contribution is 0.0555. The van der Waals surface area contributed by atoms with Gasteiger partial charge in [0.15, 0.2) is 11.6 Å². The van der Waals surface area contributed by atoms with Crippen molar-refractivity contribution in [2.75, 3.05) is 5.32 Å². The molecule has 3 aromatic rings. The smallest absolute Gasteiger partial charge is 0.407 e. The highest BCUT2D eigenvalue weighted by molar-refractivity contribution is 5.72. The summed E-state index contributed by atoms with van der Waals surface area (Å²) in [5, 5.41) is 17.8. The fourth-order valence-corrected chi connectivity index (χ4v) is 4.43. The lowest BCUT2D eigenvalue weighted by Crippen LogP contribution is -2.36. The number of carbonyl (C=O) groups is 1. The number of H-pyrrole nitrogens is 1. The highest BCUT2D eigenvalue weighted by Gasteiger charge is 2.41. The number of fused-ring (bicyclic) bond motifs is 1. The van der Waals surface area contributed by atoms with Gasteiger partial charge < -0.3 is 15.4 Å². The van der Waals surface area contributed by atoms with Crippen LogP contribution in [-0.2, 0) is 4.74 Å². The summed E-state index contributed by atoms with van der Waals surface area (Å²) in [7, 11) is 0. The largest absolute Gasteiger partial charge is 0.443 e. The lowest BCUT2D eigenvalue weighted by atomic mass is 9.83. The van der Waals surface area contributed by atoms with E-state index < -0.39 is 24.3 Å². The minimum Gasteiger partial charge on any atom is -0.443 e. The molecule has 10 heteroatoms. The van der Waals surface area contributed by atoms with Crippen LogP contribution in [-0.4, -0.2) is 49.2 Å². The van der Waals surface area contributed by atoms with Crippen LogP contribution in [0.25, 0.3) is 5.52 Å². The highest BCUT2D eigenvalue weighted by Crippen LogP contribution is 2.39. The zero-order chi connectivity index (χ0) is 22.2. The number of aromatic amines is 1. The summed E-state index contributed by atoms with van der Waals surface area (Å²) in [5.74, 6) is 1.33. The van der Waals surface area contributed by atoms with E-state index in [-0.39, 0.29) is 6.04 Å². The number of anilines is 2. The maximum atomic E-state index is 15.0. The summed E-state index contributed by atoms with van der Waals surface area (Å²) in [6.07, 6.45) is 5.55. The van der Waals surface area contributed by atoms with E-state index in [0.29, 0.717) is 36.1 Å². The highest BCUT2D eigenvalue weighted by atomic mass is 19.1. The summed E-state index contributed by atoms with van der Waals surface area (Å²) < 4.78 is 22.1. The number of hydrogen-bond acceptors (Lipinski definition) is 6. The second kappa shape index (κ2) is 8.40. The van der Waals surface area contributed by atoms with Gasteiger partial charge in [-0.1, -0.05) is 6.42 Å². The Balaban J connectivity index is 1.27. The molecular formula is C22H28FN7O2. The molecule has 0 unspecified atom stereocenters. The predicted molar refractivity (Wildman–Crippen MR) is 117 cm³/mol. The maximum Gasteiger partial charge on any atom is 0.407 e. The molecule has 9 nitrogen and oxygen atoms in total. The summed E-state index contributed by atoms with van der Waals surface area (Å²) in [6.45, 7) is 3.66. The number of nitrogens with zero attached hydrogens (tertiary/aromatic N) is 4. The van der Waals surface area contributed by atoms with Crippen LogP contribution < -0.4 is 10.6 Å². The third-order valence-corrected chi connectivity index (χ3v) is 6.34. The van der Waals surface area contributed by atoms with Crippen molar-refractivity contribution in [3.8, 4) is 0 Å². The number of aromatic nitrogens is 5. The molecule has 0 aliphatic heterocycles. The number of alkyl halides is 1. The van der Waals surface area contributed by atoms with Crippen LogP contribution in [0.15, 0.2) is 24.5 Å². The molecule has 0 radical (unpaired) electrons. The Kier molecular flexibility index (Phi) is 5.44. The van der Waals surface area contributed by atoms with Gasteiger partial charge >= 0.3 is 6.09 Å². The van der Waals surface area contributed by atoms with Gasteiger partial charge in [0, 0.05) is 42.0 Å². The quantitative estimate of drug-likeness (QED) is 0.529. The number of amides is 1. The van der Waals surface area contributed by atoms with Gasteiger partial charge in [-0.2, -0.15) is 10.2 Å². The van der Waals surface area contributed by atoms with E-state index in [0.717, 1.165) is 11.2 Å². The van der Waals surface area contributed by atoms with Crippen molar-refractivity contribution in [3.05, 3.63) is 35.9 Å². The first-order chi connectivity index (χ1) is 15.5. The number of nitrogens with one attached hydrogen (secondary N) is 3. The standard InChI is InChI=1S/C22H28FN7O2/c1-12(2)25-22(31)32-18-7-6-14(20(18)23)16-11-19(28-27-16)26-21-17-10-15(13-4-3-5-13)29-30(17)9-8-24-21/h8-14,18,20H,3-7H2,1-2H3,(H,25,31)(H2,24,26,27,28)/t14-,18-,20+/m0/s1. The Bertz CT molecular complexity index is 1110. The molecule has 5 rings (SSSR count).